The third-order valence-electron chi connectivity index (χ3n) is 11.8. The van der Waals surface area contributed by atoms with Crippen molar-refractivity contribution in [3.63, 3.8) is 0 Å². The molecular weight excluding hydrogens is 660 g/mol. The molecule has 7 rings (SSSR count). The molecule has 268 valence electrons. The highest BCUT2D eigenvalue weighted by Gasteiger charge is 2.54. The van der Waals surface area contributed by atoms with Crippen LogP contribution in [0.25, 0.3) is 0 Å². The maximum absolute atomic E-state index is 12.8. The van der Waals surface area contributed by atoms with Gasteiger partial charge in [-0.15, -0.1) is 0 Å². The Kier molecular flexibility index (Phi) is 10.3. The molecule has 3 aliphatic rings. The summed E-state index contributed by atoms with van der Waals surface area (Å²) in [5.41, 5.74) is 5.73. The maximum Gasteiger partial charge on any atom is 0.329 e. The molecular formula is C43H49ClN2O5. The molecule has 0 aliphatic heterocycles. The average Bonchev–Trinajstić information content (AvgIpc) is 3.42. The van der Waals surface area contributed by atoms with Crippen molar-refractivity contribution in [3.8, 4) is 11.5 Å². The van der Waals surface area contributed by atoms with E-state index in [2.05, 4.69) is 43.4 Å². The van der Waals surface area contributed by atoms with Gasteiger partial charge in [-0.05, 0) is 128 Å². The largest absolute Gasteiger partial charge is 0.497 e. The molecule has 0 amide bonds. The Hall–Kier alpha value is -4.07. The summed E-state index contributed by atoms with van der Waals surface area (Å²) in [5.74, 6) is 2.12. The van der Waals surface area contributed by atoms with E-state index in [0.29, 0.717) is 48.8 Å². The normalized spacial score (nSPS) is 25.8. The minimum atomic E-state index is -1.03. The lowest BCUT2D eigenvalue weighted by Crippen LogP contribution is -2.53. The standard InChI is InChI=1S/C43H49ClN2O5/c1-28-22-36-38(15-20-45-40(36)39(23-28)51-27-30-11-13-35(49-3)14-12-30)50-26-29(2)21-32-24-31-7-4-5-10-37(31)42(32)16-18-43(19-17-42,41(47)48)46-34-9-6-8-33(44)25-34/h4-15,20,25,28-29,32,39,46H,16-19,21-24,26-27H2,1-3H3,(H,47,48)/t28-,29-,32?,39+,42?,43?/m1/s1. The molecule has 0 saturated heterocycles. The molecule has 2 N–H and O–H groups in total. The van der Waals surface area contributed by atoms with E-state index in [1.807, 2.05) is 54.7 Å². The Morgan fingerprint density at radius 1 is 1.02 bits per heavy atom. The molecule has 1 spiro atoms. The number of halogens is 1. The number of benzene rings is 3. The summed E-state index contributed by atoms with van der Waals surface area (Å²) >= 11 is 6.25. The minimum absolute atomic E-state index is 0.0560. The number of carbonyl (C=O) groups is 1. The van der Waals surface area contributed by atoms with Crippen molar-refractivity contribution >= 4 is 23.3 Å². The molecule has 1 heterocycles. The van der Waals surface area contributed by atoms with Crippen LogP contribution in [0, 0.1) is 17.8 Å². The number of nitrogens with one attached hydrogen (secondary N) is 1. The first-order valence-electron chi connectivity index (χ1n) is 18.4. The molecule has 7 nitrogen and oxygen atoms in total. The van der Waals surface area contributed by atoms with E-state index in [1.54, 1.807) is 13.2 Å². The molecule has 3 aromatic carbocycles. The second kappa shape index (κ2) is 14.9. The summed E-state index contributed by atoms with van der Waals surface area (Å²) < 4.78 is 18.4. The zero-order chi connectivity index (χ0) is 35.6. The second-order valence-electron chi connectivity index (χ2n) is 15.3. The quantitative estimate of drug-likeness (QED) is 0.152. The number of aromatic nitrogens is 1. The molecule has 0 bridgehead atoms. The monoisotopic (exact) mass is 708 g/mol. The zero-order valence-corrected chi connectivity index (χ0v) is 30.6. The van der Waals surface area contributed by atoms with Crippen LogP contribution in [0.15, 0.2) is 85.1 Å². The smallest absolute Gasteiger partial charge is 0.329 e. The Morgan fingerprint density at radius 3 is 2.55 bits per heavy atom. The van der Waals surface area contributed by atoms with E-state index in [4.69, 9.17) is 30.8 Å². The third kappa shape index (κ3) is 7.33. The molecule has 1 fully saturated rings. The summed E-state index contributed by atoms with van der Waals surface area (Å²) in [6, 6.07) is 26.2. The van der Waals surface area contributed by atoms with Gasteiger partial charge in [0.2, 0.25) is 0 Å². The lowest BCUT2D eigenvalue weighted by atomic mass is 9.59. The van der Waals surface area contributed by atoms with Crippen molar-refractivity contribution in [2.24, 2.45) is 17.8 Å². The van der Waals surface area contributed by atoms with E-state index in [0.717, 1.165) is 72.5 Å². The zero-order valence-electron chi connectivity index (χ0n) is 29.9. The number of fused-ring (bicyclic) bond motifs is 3. The van der Waals surface area contributed by atoms with Crippen LogP contribution in [0.4, 0.5) is 5.69 Å². The van der Waals surface area contributed by atoms with Gasteiger partial charge in [0.1, 0.15) is 23.1 Å². The van der Waals surface area contributed by atoms with Gasteiger partial charge in [0.15, 0.2) is 0 Å². The van der Waals surface area contributed by atoms with Crippen LogP contribution in [0.5, 0.6) is 11.5 Å². The lowest BCUT2D eigenvalue weighted by molar-refractivity contribution is -0.144. The van der Waals surface area contributed by atoms with Crippen molar-refractivity contribution in [1.29, 1.82) is 0 Å². The molecule has 1 unspecified atom stereocenters. The van der Waals surface area contributed by atoms with Crippen LogP contribution >= 0.6 is 11.6 Å². The number of methoxy groups -OCH3 is 1. The van der Waals surface area contributed by atoms with E-state index < -0.39 is 11.5 Å². The van der Waals surface area contributed by atoms with Gasteiger partial charge in [0.05, 0.1) is 26.0 Å². The highest BCUT2D eigenvalue weighted by atomic mass is 35.5. The Morgan fingerprint density at radius 2 is 1.80 bits per heavy atom. The van der Waals surface area contributed by atoms with Crippen LogP contribution in [-0.2, 0) is 34.4 Å². The van der Waals surface area contributed by atoms with E-state index in [9.17, 15) is 9.90 Å². The molecule has 1 aromatic heterocycles. The van der Waals surface area contributed by atoms with Gasteiger partial charge in [-0.2, -0.15) is 0 Å². The van der Waals surface area contributed by atoms with Gasteiger partial charge in [-0.3, -0.25) is 4.98 Å². The Balaban J connectivity index is 1.03. The van der Waals surface area contributed by atoms with Crippen molar-refractivity contribution in [2.75, 3.05) is 19.0 Å². The van der Waals surface area contributed by atoms with Crippen LogP contribution in [0.1, 0.15) is 86.4 Å². The summed E-state index contributed by atoms with van der Waals surface area (Å²) in [6.45, 7) is 5.69. The maximum atomic E-state index is 12.8. The highest BCUT2D eigenvalue weighted by molar-refractivity contribution is 6.30. The number of pyridine rings is 1. The van der Waals surface area contributed by atoms with Gasteiger partial charge >= 0.3 is 5.97 Å². The number of ether oxygens (including phenoxy) is 3. The van der Waals surface area contributed by atoms with Crippen molar-refractivity contribution < 1.29 is 24.1 Å². The number of aliphatic carboxylic acids is 1. The van der Waals surface area contributed by atoms with E-state index >= 15 is 0 Å². The van der Waals surface area contributed by atoms with Crippen LogP contribution < -0.4 is 14.8 Å². The van der Waals surface area contributed by atoms with Gasteiger partial charge < -0.3 is 24.6 Å². The number of rotatable bonds is 12. The van der Waals surface area contributed by atoms with E-state index in [1.165, 1.54) is 11.1 Å². The topological polar surface area (TPSA) is 89.9 Å². The predicted octanol–water partition coefficient (Wildman–Crippen LogP) is 9.61. The molecule has 1 saturated carbocycles. The van der Waals surface area contributed by atoms with Gasteiger partial charge in [0.25, 0.3) is 0 Å². The first-order chi connectivity index (χ1) is 24.7. The molecule has 3 aliphatic carbocycles. The first-order valence-corrected chi connectivity index (χ1v) is 18.8. The molecule has 4 aromatic rings. The van der Waals surface area contributed by atoms with Crippen LogP contribution in [-0.4, -0.2) is 35.3 Å². The third-order valence-corrected chi connectivity index (χ3v) is 12.0. The van der Waals surface area contributed by atoms with Crippen LogP contribution in [0.2, 0.25) is 5.02 Å². The minimum Gasteiger partial charge on any atom is -0.497 e. The van der Waals surface area contributed by atoms with Gasteiger partial charge in [0, 0.05) is 22.5 Å². The van der Waals surface area contributed by atoms with Crippen molar-refractivity contribution in [1.82, 2.24) is 4.98 Å². The van der Waals surface area contributed by atoms with Gasteiger partial charge in [-0.1, -0.05) is 67.9 Å². The molecule has 8 heteroatoms. The van der Waals surface area contributed by atoms with Gasteiger partial charge in [-0.25, -0.2) is 4.79 Å². The van der Waals surface area contributed by atoms with Crippen molar-refractivity contribution in [2.45, 2.75) is 88.9 Å². The fourth-order valence-electron chi connectivity index (χ4n) is 9.08. The highest BCUT2D eigenvalue weighted by Crippen LogP contribution is 2.56. The lowest BCUT2D eigenvalue weighted by Gasteiger charge is -2.47. The summed E-state index contributed by atoms with van der Waals surface area (Å²) in [5, 5.41) is 14.5. The molecule has 0 radical (unpaired) electrons. The molecule has 4 atom stereocenters. The number of hydrogen-bond donors (Lipinski definition) is 2. The van der Waals surface area contributed by atoms with Crippen molar-refractivity contribution in [3.05, 3.63) is 118 Å². The SMILES string of the molecule is COc1ccc(CO[C@H]2C[C@H](C)Cc3c(OC[C@H](C)CC4Cc5ccccc5C45CCC(Nc4cccc(Cl)c4)(C(=O)O)CC5)ccnc32)cc1. The molecule has 51 heavy (non-hydrogen) atoms. The number of carboxylic acids is 1. The summed E-state index contributed by atoms with van der Waals surface area (Å²) in [4.78, 5) is 17.6. The Labute approximate surface area is 306 Å². The predicted molar refractivity (Wildman–Crippen MR) is 201 cm³/mol. The van der Waals surface area contributed by atoms with Crippen LogP contribution in [0.3, 0.4) is 0 Å². The number of nitrogens with zero attached hydrogens (tertiary/aromatic N) is 1. The average molecular weight is 709 g/mol. The number of anilines is 1. The summed E-state index contributed by atoms with van der Waals surface area (Å²) in [7, 11) is 1.67. The number of carboxylic acid groups (broad SMARTS) is 1. The summed E-state index contributed by atoms with van der Waals surface area (Å²) in [6.07, 6.45) is 8.37. The fraction of sp³-hybridized carbons (Fsp3) is 0.442. The van der Waals surface area contributed by atoms with E-state index in [-0.39, 0.29) is 11.5 Å². The first kappa shape index (κ1) is 35.3. The Bertz CT molecular complexity index is 1840. The second-order valence-corrected chi connectivity index (χ2v) is 15.7. The number of hydrogen-bond acceptors (Lipinski definition) is 6. The fourth-order valence-corrected chi connectivity index (χ4v) is 9.27.